The van der Waals surface area contributed by atoms with Crippen molar-refractivity contribution in [2.45, 2.75) is 30.8 Å². The van der Waals surface area contributed by atoms with Crippen molar-refractivity contribution in [3.63, 3.8) is 0 Å². The second kappa shape index (κ2) is 9.66. The molecule has 6 nitrogen and oxygen atoms in total. The van der Waals surface area contributed by atoms with Crippen LogP contribution in [0.3, 0.4) is 0 Å². The van der Waals surface area contributed by atoms with E-state index in [1.807, 2.05) is 60.7 Å². The molecule has 0 unspecified atom stereocenters. The zero-order valence-corrected chi connectivity index (χ0v) is 20.9. The maximum atomic E-state index is 13.1. The summed E-state index contributed by atoms with van der Waals surface area (Å²) < 4.78 is 24.1. The van der Waals surface area contributed by atoms with E-state index in [2.05, 4.69) is 10.2 Å². The highest BCUT2D eigenvalue weighted by molar-refractivity contribution is 7.90. The average Bonchev–Trinajstić information content (AvgIpc) is 2.88. The number of phenolic OH excluding ortho intramolecular Hbond substituents is 1. The number of nitrogens with one attached hydrogen (secondary N) is 1. The summed E-state index contributed by atoms with van der Waals surface area (Å²) in [5.41, 5.74) is 3.83. The van der Waals surface area contributed by atoms with Gasteiger partial charge in [-0.05, 0) is 59.0 Å². The minimum Gasteiger partial charge on any atom is -0.507 e. The van der Waals surface area contributed by atoms with E-state index in [4.69, 9.17) is 0 Å². The van der Waals surface area contributed by atoms with Crippen molar-refractivity contribution in [3.05, 3.63) is 101 Å². The Morgan fingerprint density at radius 2 is 1.75 bits per heavy atom. The fourth-order valence-electron chi connectivity index (χ4n) is 4.86. The van der Waals surface area contributed by atoms with E-state index in [-0.39, 0.29) is 17.2 Å². The van der Waals surface area contributed by atoms with Crippen LogP contribution in [0.4, 0.5) is 5.69 Å². The van der Waals surface area contributed by atoms with Gasteiger partial charge in [0.1, 0.15) is 5.75 Å². The van der Waals surface area contributed by atoms with Crippen LogP contribution in [0.15, 0.2) is 83.8 Å². The molecule has 1 aliphatic heterocycles. The van der Waals surface area contributed by atoms with Crippen molar-refractivity contribution in [2.24, 2.45) is 0 Å². The van der Waals surface area contributed by atoms with Gasteiger partial charge in [-0.25, -0.2) is 8.42 Å². The van der Waals surface area contributed by atoms with Crippen molar-refractivity contribution in [1.29, 1.82) is 0 Å². The average molecular weight is 501 g/mol. The van der Waals surface area contributed by atoms with Gasteiger partial charge in [0.25, 0.3) is 5.91 Å². The second-order valence-corrected chi connectivity index (χ2v) is 11.2. The first-order chi connectivity index (χ1) is 17.3. The summed E-state index contributed by atoms with van der Waals surface area (Å²) in [4.78, 5) is 15.6. The van der Waals surface area contributed by atoms with E-state index < -0.39 is 9.84 Å². The van der Waals surface area contributed by atoms with Crippen LogP contribution in [-0.2, 0) is 29.3 Å². The van der Waals surface area contributed by atoms with Gasteiger partial charge in [0.05, 0.1) is 10.5 Å². The molecule has 2 N–H and O–H groups in total. The minimum absolute atomic E-state index is 0.0286. The Bertz CT molecular complexity index is 1550. The lowest BCUT2D eigenvalue weighted by molar-refractivity contribution is 0.0948. The highest BCUT2D eigenvalue weighted by Crippen LogP contribution is 2.36. The highest BCUT2D eigenvalue weighted by atomic mass is 32.2. The molecule has 5 rings (SSSR count). The minimum atomic E-state index is -3.29. The number of aryl methyl sites for hydroxylation is 1. The number of carbonyl (C=O) groups excluding carboxylic acids is 1. The van der Waals surface area contributed by atoms with E-state index >= 15 is 0 Å². The molecule has 0 spiro atoms. The molecule has 0 radical (unpaired) electrons. The Kier molecular flexibility index (Phi) is 6.41. The lowest BCUT2D eigenvalue weighted by atomic mass is 9.96. The standard InChI is InChI=1S/C29H28N2O4S/c1-36(34,35)23-13-14-27-22(16-23)11-7-15-31(27)19-26-24-12-6-5-10-21(24)17-25(28(26)32)29(33)30-18-20-8-3-2-4-9-20/h2-6,8-10,12-14,16-17,32H,7,11,15,18-19H2,1H3,(H,30,33). The molecule has 0 saturated carbocycles. The van der Waals surface area contributed by atoms with Gasteiger partial charge in [-0.15, -0.1) is 0 Å². The topological polar surface area (TPSA) is 86.7 Å². The van der Waals surface area contributed by atoms with Crippen molar-refractivity contribution < 1.29 is 18.3 Å². The zero-order valence-electron chi connectivity index (χ0n) is 20.1. The molecule has 1 amide bonds. The Hall–Kier alpha value is -3.84. The van der Waals surface area contributed by atoms with Gasteiger partial charge in [0.15, 0.2) is 9.84 Å². The van der Waals surface area contributed by atoms with Crippen molar-refractivity contribution in [1.82, 2.24) is 5.32 Å². The first-order valence-corrected chi connectivity index (χ1v) is 13.8. The summed E-state index contributed by atoms with van der Waals surface area (Å²) in [5, 5.41) is 16.0. The van der Waals surface area contributed by atoms with Crippen LogP contribution in [0.2, 0.25) is 0 Å². The third kappa shape index (κ3) is 4.79. The zero-order chi connectivity index (χ0) is 25.3. The second-order valence-electron chi connectivity index (χ2n) is 9.23. The number of nitrogens with zero attached hydrogens (tertiary/aromatic N) is 1. The van der Waals surface area contributed by atoms with Crippen molar-refractivity contribution >= 4 is 32.2 Å². The van der Waals surface area contributed by atoms with Gasteiger partial charge in [-0.1, -0.05) is 54.6 Å². The molecule has 0 aliphatic carbocycles. The number of amides is 1. The highest BCUT2D eigenvalue weighted by Gasteiger charge is 2.24. The molecular weight excluding hydrogens is 472 g/mol. The summed E-state index contributed by atoms with van der Waals surface area (Å²) >= 11 is 0. The SMILES string of the molecule is CS(=O)(=O)c1ccc2c(c1)CCCN2Cc1c(O)c(C(=O)NCc2ccccc2)cc2ccccc12. The maximum absolute atomic E-state index is 13.1. The van der Waals surface area contributed by atoms with Crippen LogP contribution < -0.4 is 10.2 Å². The van der Waals surface area contributed by atoms with Crippen LogP contribution in [0.25, 0.3) is 10.8 Å². The number of anilines is 1. The van der Waals surface area contributed by atoms with Gasteiger partial charge in [0.2, 0.25) is 0 Å². The molecule has 4 aromatic rings. The Morgan fingerprint density at radius 3 is 2.53 bits per heavy atom. The number of hydrogen-bond acceptors (Lipinski definition) is 5. The summed E-state index contributed by atoms with van der Waals surface area (Å²) in [7, 11) is -3.29. The van der Waals surface area contributed by atoms with Crippen LogP contribution in [0.1, 0.15) is 33.5 Å². The molecule has 1 aliphatic rings. The first kappa shape index (κ1) is 23.9. The van der Waals surface area contributed by atoms with Gasteiger partial charge in [0, 0.05) is 37.1 Å². The number of hydrogen-bond donors (Lipinski definition) is 2. The Labute approximate surface area is 211 Å². The number of phenols is 1. The number of carbonyl (C=O) groups is 1. The smallest absolute Gasteiger partial charge is 0.255 e. The third-order valence-electron chi connectivity index (χ3n) is 6.71. The molecule has 0 fully saturated rings. The van der Waals surface area contributed by atoms with E-state index in [0.29, 0.717) is 23.5 Å². The molecule has 0 aromatic heterocycles. The van der Waals surface area contributed by atoms with Crippen molar-refractivity contribution in [3.8, 4) is 5.75 Å². The normalized spacial score (nSPS) is 13.4. The fraction of sp³-hybridized carbons (Fsp3) is 0.207. The lowest BCUT2D eigenvalue weighted by Gasteiger charge is -2.32. The van der Waals surface area contributed by atoms with Crippen LogP contribution in [0, 0.1) is 0 Å². The molecular formula is C29H28N2O4S. The van der Waals surface area contributed by atoms with Crippen LogP contribution in [-0.4, -0.2) is 32.2 Å². The Morgan fingerprint density at radius 1 is 1.00 bits per heavy atom. The predicted molar refractivity (Wildman–Crippen MR) is 142 cm³/mol. The van der Waals surface area contributed by atoms with Gasteiger partial charge in [-0.2, -0.15) is 0 Å². The van der Waals surface area contributed by atoms with E-state index in [9.17, 15) is 18.3 Å². The Balaban J connectivity index is 1.50. The molecule has 36 heavy (non-hydrogen) atoms. The monoisotopic (exact) mass is 500 g/mol. The number of aromatic hydroxyl groups is 1. The summed E-state index contributed by atoms with van der Waals surface area (Å²) in [5.74, 6) is -0.362. The van der Waals surface area contributed by atoms with Gasteiger partial charge in [-0.3, -0.25) is 4.79 Å². The molecule has 184 valence electrons. The fourth-order valence-corrected chi connectivity index (χ4v) is 5.53. The van der Waals surface area contributed by atoms with Crippen LogP contribution >= 0.6 is 0 Å². The quantitative estimate of drug-likeness (QED) is 0.396. The largest absolute Gasteiger partial charge is 0.507 e. The van der Waals surface area contributed by atoms with E-state index in [0.717, 1.165) is 47.0 Å². The molecule has 4 aromatic carbocycles. The predicted octanol–water partition coefficient (Wildman–Crippen LogP) is 4.83. The molecule has 1 heterocycles. The molecule has 0 atom stereocenters. The molecule has 0 saturated heterocycles. The van der Waals surface area contributed by atoms with Gasteiger partial charge < -0.3 is 15.3 Å². The van der Waals surface area contributed by atoms with E-state index in [1.165, 1.54) is 6.26 Å². The lowest BCUT2D eigenvalue weighted by Crippen LogP contribution is -2.29. The van der Waals surface area contributed by atoms with Crippen molar-refractivity contribution in [2.75, 3.05) is 17.7 Å². The third-order valence-corrected chi connectivity index (χ3v) is 7.82. The van der Waals surface area contributed by atoms with E-state index in [1.54, 1.807) is 18.2 Å². The number of rotatable bonds is 6. The van der Waals surface area contributed by atoms with Gasteiger partial charge >= 0.3 is 0 Å². The number of benzene rings is 4. The van der Waals surface area contributed by atoms with Crippen LogP contribution in [0.5, 0.6) is 5.75 Å². The molecule has 0 bridgehead atoms. The molecule has 7 heteroatoms. The maximum Gasteiger partial charge on any atom is 0.255 e. The summed E-state index contributed by atoms with van der Waals surface area (Å²) in [6, 6.07) is 24.3. The summed E-state index contributed by atoms with van der Waals surface area (Å²) in [6.07, 6.45) is 2.88. The first-order valence-electron chi connectivity index (χ1n) is 11.9. The number of sulfone groups is 1. The summed E-state index contributed by atoms with van der Waals surface area (Å²) in [6.45, 7) is 1.53. The number of fused-ring (bicyclic) bond motifs is 2.